The van der Waals surface area contributed by atoms with Crippen LogP contribution in [0, 0.1) is 0 Å². The van der Waals surface area contributed by atoms with Crippen molar-refractivity contribution in [2.24, 2.45) is 9.98 Å². The molecule has 0 aromatic heterocycles. The van der Waals surface area contributed by atoms with Crippen LogP contribution in [0.3, 0.4) is 0 Å². The SMILES string of the molecule is C/C=C\C=C/CC.C=C/C=C(\C=C\CCO)CCCCN=C(/C=C(\C)C(=O)N1CCCCCC1)C(C=C)=NC(C)C/C=C\C(F)=C/C=C.CC.CC.CO. The van der Waals surface area contributed by atoms with Crippen molar-refractivity contribution in [1.29, 1.82) is 0 Å². The fraction of sp³-hybridized carbons (Fsp3) is 0.511. The van der Waals surface area contributed by atoms with Crippen molar-refractivity contribution in [1.82, 2.24) is 4.90 Å². The van der Waals surface area contributed by atoms with Crippen LogP contribution < -0.4 is 0 Å². The molecule has 0 aromatic rings. The maximum Gasteiger partial charge on any atom is 0.249 e. The molecule has 0 radical (unpaired) electrons. The molecule has 0 saturated carbocycles. The predicted octanol–water partition coefficient (Wildman–Crippen LogP) is 12.2. The lowest BCUT2D eigenvalue weighted by Crippen LogP contribution is -2.32. The second kappa shape index (κ2) is 45.2. The van der Waals surface area contributed by atoms with E-state index in [0.29, 0.717) is 36.4 Å². The molecule has 0 aromatic carbocycles. The summed E-state index contributed by atoms with van der Waals surface area (Å²) in [4.78, 5) is 24.9. The Morgan fingerprint density at radius 1 is 0.889 bits per heavy atom. The Labute approximate surface area is 331 Å². The Balaban J connectivity index is -0.000000835. The van der Waals surface area contributed by atoms with Crippen molar-refractivity contribution < 1.29 is 19.4 Å². The summed E-state index contributed by atoms with van der Waals surface area (Å²) in [7, 11) is 1.00. The van der Waals surface area contributed by atoms with Gasteiger partial charge in [0.05, 0.1) is 17.5 Å². The van der Waals surface area contributed by atoms with Gasteiger partial charge in [-0.25, -0.2) is 4.39 Å². The highest BCUT2D eigenvalue weighted by molar-refractivity contribution is 6.50. The van der Waals surface area contributed by atoms with Gasteiger partial charge >= 0.3 is 0 Å². The van der Waals surface area contributed by atoms with E-state index in [1.165, 1.54) is 18.2 Å². The van der Waals surface area contributed by atoms with E-state index in [0.717, 1.165) is 77.1 Å². The summed E-state index contributed by atoms with van der Waals surface area (Å²) < 4.78 is 13.6. The Morgan fingerprint density at radius 3 is 2.06 bits per heavy atom. The van der Waals surface area contributed by atoms with Crippen molar-refractivity contribution in [3.05, 3.63) is 122 Å². The number of likely N-dealkylation sites (tertiary alicyclic amines) is 1. The van der Waals surface area contributed by atoms with E-state index in [9.17, 15) is 9.18 Å². The first-order valence-corrected chi connectivity index (χ1v) is 20.0. The van der Waals surface area contributed by atoms with Crippen LogP contribution in [0.1, 0.15) is 120 Å². The molecular formula is C47H78FN3O3. The molecule has 1 rings (SSSR count). The first-order valence-electron chi connectivity index (χ1n) is 20.0. The molecule has 1 unspecified atom stereocenters. The molecule has 1 aliphatic rings. The summed E-state index contributed by atoms with van der Waals surface area (Å²) in [5, 5.41) is 16.0. The zero-order valence-corrected chi connectivity index (χ0v) is 35.7. The minimum atomic E-state index is -0.358. The molecule has 0 bridgehead atoms. The molecule has 7 heteroatoms. The molecule has 1 aliphatic heterocycles. The zero-order valence-electron chi connectivity index (χ0n) is 35.7. The Hall–Kier alpha value is -3.94. The van der Waals surface area contributed by atoms with Crippen LogP contribution in [0.5, 0.6) is 0 Å². The molecular weight excluding hydrogens is 674 g/mol. The minimum absolute atomic E-state index is 0.0392. The van der Waals surface area contributed by atoms with Gasteiger partial charge < -0.3 is 15.1 Å². The zero-order chi connectivity index (χ0) is 41.8. The topological polar surface area (TPSA) is 85.5 Å². The average Bonchev–Trinajstić information content (AvgIpc) is 3.49. The third-order valence-corrected chi connectivity index (χ3v) is 7.22. The molecule has 1 fully saturated rings. The van der Waals surface area contributed by atoms with Crippen LogP contribution in [0.25, 0.3) is 0 Å². The Bertz CT molecular complexity index is 1220. The largest absolute Gasteiger partial charge is 0.400 e. The number of aliphatic imine (C=N–C) groups is 2. The summed E-state index contributed by atoms with van der Waals surface area (Å²) in [6, 6.07) is -0.131. The fourth-order valence-electron chi connectivity index (χ4n) is 4.70. The van der Waals surface area contributed by atoms with Gasteiger partial charge in [0.25, 0.3) is 0 Å². The van der Waals surface area contributed by atoms with Gasteiger partial charge in [-0.1, -0.05) is 128 Å². The number of carbonyl (C=O) groups is 1. The van der Waals surface area contributed by atoms with E-state index >= 15 is 0 Å². The fourth-order valence-corrected chi connectivity index (χ4v) is 4.70. The minimum Gasteiger partial charge on any atom is -0.400 e. The first-order chi connectivity index (χ1) is 26.3. The van der Waals surface area contributed by atoms with Crippen LogP contribution in [0.4, 0.5) is 4.39 Å². The third kappa shape index (κ3) is 33.9. The van der Waals surface area contributed by atoms with Gasteiger partial charge in [-0.05, 0) is 102 Å². The molecule has 1 heterocycles. The molecule has 306 valence electrons. The standard InChI is InChI=1S/C35H50FN3O2.C7H12.2C2H6.CH4O/c1-6-18-31(22-12-16-27-40)21-11-13-24-37-34(28-29(4)35(41)39-25-14-9-10-15-26-39)33(8-3)38-30(5)20-17-23-32(36)19-7-2;1-3-5-7-6-4-2;3*1-2/h6-8,12,17-19,22-23,28,30,40H,1-3,9-11,13-16,20-21,24-27H2,4-5H3;3,5-7H,4H2,1-2H3;2*1-2H3;2H,1H3/b22-12+,23-17-,29-28+,31-18-,32-19+,37-34?,38-33?;5-3-,7-6-;;;. The number of hydrogen-bond donors (Lipinski definition) is 2. The summed E-state index contributed by atoms with van der Waals surface area (Å²) in [5.74, 6) is -0.319. The van der Waals surface area contributed by atoms with E-state index in [2.05, 4.69) is 38.8 Å². The monoisotopic (exact) mass is 752 g/mol. The summed E-state index contributed by atoms with van der Waals surface area (Å²) in [5.41, 5.74) is 3.05. The predicted molar refractivity (Wildman–Crippen MR) is 239 cm³/mol. The van der Waals surface area contributed by atoms with Gasteiger partial charge in [-0.15, -0.1) is 0 Å². The number of halogens is 1. The van der Waals surface area contributed by atoms with Gasteiger partial charge in [0, 0.05) is 38.9 Å². The van der Waals surface area contributed by atoms with Crippen LogP contribution in [-0.2, 0) is 4.79 Å². The van der Waals surface area contributed by atoms with Gasteiger partial charge in [-0.2, -0.15) is 0 Å². The highest BCUT2D eigenvalue weighted by Gasteiger charge is 2.18. The van der Waals surface area contributed by atoms with Gasteiger partial charge in [0.15, 0.2) is 0 Å². The second-order valence-electron chi connectivity index (χ2n) is 11.5. The van der Waals surface area contributed by atoms with Gasteiger partial charge in [0.2, 0.25) is 5.91 Å². The van der Waals surface area contributed by atoms with Crippen LogP contribution >= 0.6 is 0 Å². The highest BCUT2D eigenvalue weighted by Crippen LogP contribution is 2.14. The molecule has 2 N–H and O–H groups in total. The van der Waals surface area contributed by atoms with Crippen molar-refractivity contribution in [3.63, 3.8) is 0 Å². The quantitative estimate of drug-likeness (QED) is 0.0562. The third-order valence-electron chi connectivity index (χ3n) is 7.22. The number of carbonyl (C=O) groups excluding carboxylic acids is 1. The lowest BCUT2D eigenvalue weighted by molar-refractivity contribution is -0.127. The Morgan fingerprint density at radius 2 is 1.52 bits per heavy atom. The van der Waals surface area contributed by atoms with Crippen LogP contribution in [-0.4, -0.2) is 71.8 Å². The number of amides is 1. The maximum absolute atomic E-state index is 13.6. The molecule has 1 saturated heterocycles. The number of allylic oxidation sites excluding steroid dienone is 14. The van der Waals surface area contributed by atoms with E-state index in [1.807, 2.05) is 89.8 Å². The van der Waals surface area contributed by atoms with Crippen molar-refractivity contribution in [2.45, 2.75) is 126 Å². The summed E-state index contributed by atoms with van der Waals surface area (Å²) in [6.45, 7) is 29.5. The molecule has 0 aliphatic carbocycles. The van der Waals surface area contributed by atoms with E-state index < -0.39 is 0 Å². The lowest BCUT2D eigenvalue weighted by Gasteiger charge is -2.20. The lowest BCUT2D eigenvalue weighted by atomic mass is 10.1. The van der Waals surface area contributed by atoms with Crippen molar-refractivity contribution in [3.8, 4) is 0 Å². The molecule has 1 atom stereocenters. The Kier molecular flexibility index (Phi) is 47.6. The van der Waals surface area contributed by atoms with Crippen LogP contribution in [0.15, 0.2) is 132 Å². The number of rotatable bonds is 20. The van der Waals surface area contributed by atoms with Gasteiger partial charge in [0.1, 0.15) is 5.83 Å². The number of aliphatic hydroxyl groups excluding tert-OH is 2. The molecule has 6 nitrogen and oxygen atoms in total. The highest BCUT2D eigenvalue weighted by atomic mass is 19.1. The number of aliphatic hydroxyl groups is 2. The number of unbranched alkanes of at least 4 members (excludes halogenated alkanes) is 1. The average molecular weight is 752 g/mol. The summed E-state index contributed by atoms with van der Waals surface area (Å²) in [6.07, 6.45) is 34.7. The number of hydrogen-bond acceptors (Lipinski definition) is 5. The molecule has 54 heavy (non-hydrogen) atoms. The van der Waals surface area contributed by atoms with E-state index in [-0.39, 0.29) is 24.4 Å². The van der Waals surface area contributed by atoms with Crippen molar-refractivity contribution in [2.75, 3.05) is 33.4 Å². The van der Waals surface area contributed by atoms with Crippen molar-refractivity contribution >= 4 is 17.3 Å². The molecule has 1 amide bonds. The van der Waals surface area contributed by atoms with Gasteiger partial charge in [-0.3, -0.25) is 14.8 Å². The normalized spacial score (nSPS) is 14.9. The molecule has 0 spiro atoms. The maximum atomic E-state index is 13.6. The number of nitrogens with zero attached hydrogens (tertiary/aromatic N) is 3. The second-order valence-corrected chi connectivity index (χ2v) is 11.5. The smallest absolute Gasteiger partial charge is 0.249 e. The van der Waals surface area contributed by atoms with E-state index in [4.69, 9.17) is 20.2 Å². The van der Waals surface area contributed by atoms with E-state index in [1.54, 1.807) is 18.2 Å². The van der Waals surface area contributed by atoms with Crippen LogP contribution in [0.2, 0.25) is 0 Å². The first kappa shape index (κ1) is 56.8. The summed E-state index contributed by atoms with van der Waals surface area (Å²) >= 11 is 0.